The molecule has 36 heavy (non-hydrogen) atoms. The fraction of sp³-hybridized carbons (Fsp3) is 0.167. The van der Waals surface area contributed by atoms with E-state index in [2.05, 4.69) is 71.4 Å². The molecule has 0 spiro atoms. The second-order valence-electron chi connectivity index (χ2n) is 9.38. The van der Waals surface area contributed by atoms with Crippen molar-refractivity contribution in [3.05, 3.63) is 89.6 Å². The highest BCUT2D eigenvalue weighted by Crippen LogP contribution is 2.45. The van der Waals surface area contributed by atoms with Crippen LogP contribution in [-0.4, -0.2) is 13.6 Å². The van der Waals surface area contributed by atoms with Gasteiger partial charge in [0.25, 0.3) is 0 Å². The summed E-state index contributed by atoms with van der Waals surface area (Å²) in [7, 11) is 0. The minimum absolute atomic E-state index is 0. The quantitative estimate of drug-likeness (QED) is 0.353. The van der Waals surface area contributed by atoms with Gasteiger partial charge in [-0.05, 0) is 46.2 Å². The molecule has 0 unspecified atom stereocenters. The second-order valence-corrected chi connectivity index (χ2v) is 9.38. The zero-order valence-electron chi connectivity index (χ0n) is 19.4. The molecule has 4 aromatic carbocycles. The first-order valence-electron chi connectivity index (χ1n) is 12.0. The van der Waals surface area contributed by atoms with Crippen LogP contribution in [0.3, 0.4) is 0 Å². The average molecular weight is 496 g/mol. The molecule has 0 aliphatic carbocycles. The van der Waals surface area contributed by atoms with E-state index in [-0.39, 0.29) is 26.0 Å². The monoisotopic (exact) mass is 495 g/mol. The van der Waals surface area contributed by atoms with Crippen molar-refractivity contribution in [2.24, 2.45) is 0 Å². The number of halogens is 1. The molecule has 0 radical (unpaired) electrons. The summed E-state index contributed by atoms with van der Waals surface area (Å²) in [6, 6.07) is 23.8. The van der Waals surface area contributed by atoms with Gasteiger partial charge in [0.2, 0.25) is 19.3 Å². The van der Waals surface area contributed by atoms with Gasteiger partial charge >= 0.3 is 0 Å². The zero-order valence-corrected chi connectivity index (χ0v) is 20.2. The molecule has 0 fully saturated rings. The van der Waals surface area contributed by atoms with E-state index in [0.29, 0.717) is 0 Å². The molecular weight excluding hydrogens is 474 g/mol. The third-order valence-corrected chi connectivity index (χ3v) is 7.43. The molecule has 0 saturated heterocycles. The number of nitrogens with zero attached hydrogens (tertiary/aromatic N) is 1. The Labute approximate surface area is 214 Å². The summed E-state index contributed by atoms with van der Waals surface area (Å²) in [5.41, 5.74) is 6.33. The number of hydrogen-bond acceptors (Lipinski definition) is 4. The fourth-order valence-corrected chi connectivity index (χ4v) is 5.78. The fourth-order valence-electron chi connectivity index (χ4n) is 5.78. The van der Waals surface area contributed by atoms with Gasteiger partial charge in [0, 0.05) is 23.8 Å². The number of ether oxygens (including phenoxy) is 4. The highest BCUT2D eigenvalue weighted by atomic mass is 35.5. The van der Waals surface area contributed by atoms with Gasteiger partial charge in [-0.3, -0.25) is 0 Å². The number of fused-ring (bicyclic) bond motifs is 8. The van der Waals surface area contributed by atoms with E-state index in [9.17, 15) is 0 Å². The normalized spacial score (nSPS) is 14.4. The van der Waals surface area contributed by atoms with E-state index in [1.165, 1.54) is 44.1 Å². The predicted molar refractivity (Wildman–Crippen MR) is 132 cm³/mol. The van der Waals surface area contributed by atoms with Crippen LogP contribution in [0.1, 0.15) is 16.7 Å². The summed E-state index contributed by atoms with van der Waals surface area (Å²) in [5, 5.41) is 4.81. The smallest absolute Gasteiger partial charge is 0.231 e. The van der Waals surface area contributed by atoms with E-state index in [4.69, 9.17) is 18.9 Å². The first-order valence-corrected chi connectivity index (χ1v) is 12.0. The molecule has 0 saturated carbocycles. The summed E-state index contributed by atoms with van der Waals surface area (Å²) >= 11 is 0. The zero-order chi connectivity index (χ0) is 22.9. The van der Waals surface area contributed by atoms with Crippen molar-refractivity contribution >= 4 is 21.5 Å². The Hall–Kier alpha value is -3.96. The standard InChI is InChI=1S/C30H22NO4.ClH/c1-2-4-20-11-18(5-6-19(20)3-1)12-24-22-7-8-26-30(35-17-32-26)25(22)15-31-10-9-21-13-27-28(34-16-33-27)14-23(21)29(24)31;/h1-8,11,13-15H,9-10,12,16-17H2;1H/q+1;/p-1. The van der Waals surface area contributed by atoms with Crippen molar-refractivity contribution in [2.75, 3.05) is 13.6 Å². The molecule has 0 bridgehead atoms. The van der Waals surface area contributed by atoms with Gasteiger partial charge in [-0.15, -0.1) is 0 Å². The molecule has 6 heteroatoms. The van der Waals surface area contributed by atoms with Gasteiger partial charge in [-0.1, -0.05) is 42.5 Å². The largest absolute Gasteiger partial charge is 1.00 e. The summed E-state index contributed by atoms with van der Waals surface area (Å²) in [6.07, 6.45) is 3.98. The highest BCUT2D eigenvalue weighted by molar-refractivity contribution is 5.95. The lowest BCUT2D eigenvalue weighted by Crippen LogP contribution is -3.00. The molecule has 178 valence electrons. The van der Waals surface area contributed by atoms with Gasteiger partial charge in [-0.2, -0.15) is 4.57 Å². The number of aryl methyl sites for hydroxylation is 2. The van der Waals surface area contributed by atoms with Crippen LogP contribution >= 0.6 is 0 Å². The summed E-state index contributed by atoms with van der Waals surface area (Å²) in [5.74, 6) is 3.32. The number of aromatic nitrogens is 1. The van der Waals surface area contributed by atoms with Crippen LogP contribution in [0.5, 0.6) is 23.0 Å². The molecule has 3 aliphatic heterocycles. The first-order chi connectivity index (χ1) is 17.3. The van der Waals surface area contributed by atoms with Crippen molar-refractivity contribution in [1.82, 2.24) is 0 Å². The van der Waals surface area contributed by atoms with Gasteiger partial charge in [0.1, 0.15) is 0 Å². The van der Waals surface area contributed by atoms with Gasteiger partial charge in [0.05, 0.1) is 10.9 Å². The molecule has 0 N–H and O–H groups in total. The van der Waals surface area contributed by atoms with Crippen LogP contribution in [0, 0.1) is 0 Å². The minimum atomic E-state index is 0. The van der Waals surface area contributed by atoms with Crippen molar-refractivity contribution in [2.45, 2.75) is 19.4 Å². The highest BCUT2D eigenvalue weighted by Gasteiger charge is 2.33. The molecule has 1 aromatic heterocycles. The SMILES string of the molecule is [Cl-].c1ccc2cc(Cc3c4[n+](cc5c6c(ccc35)OCO6)CCc3cc5c(cc3-4)OCO5)ccc2c1. The van der Waals surface area contributed by atoms with Crippen LogP contribution in [0.15, 0.2) is 72.9 Å². The van der Waals surface area contributed by atoms with Gasteiger partial charge < -0.3 is 31.4 Å². The number of pyridine rings is 1. The lowest BCUT2D eigenvalue weighted by molar-refractivity contribution is -0.686. The Balaban J connectivity index is 0.00000220. The Morgan fingerprint density at radius 1 is 0.722 bits per heavy atom. The summed E-state index contributed by atoms with van der Waals surface area (Å²) < 4.78 is 25.5. The molecular formula is C30H22ClNO4. The van der Waals surface area contributed by atoms with E-state index in [1.54, 1.807) is 0 Å². The maximum absolute atomic E-state index is 5.92. The number of hydrogen-bond donors (Lipinski definition) is 0. The Bertz CT molecular complexity index is 1700. The third kappa shape index (κ3) is 3.12. The lowest BCUT2D eigenvalue weighted by atomic mass is 9.88. The molecule has 5 aromatic rings. The molecule has 0 atom stereocenters. The molecule has 8 rings (SSSR count). The second kappa shape index (κ2) is 8.04. The molecule has 4 heterocycles. The first kappa shape index (κ1) is 21.3. The molecule has 5 nitrogen and oxygen atoms in total. The lowest BCUT2D eigenvalue weighted by Gasteiger charge is -2.20. The maximum Gasteiger partial charge on any atom is 0.231 e. The predicted octanol–water partition coefficient (Wildman–Crippen LogP) is 2.56. The summed E-state index contributed by atoms with van der Waals surface area (Å²) in [4.78, 5) is 0. The Morgan fingerprint density at radius 2 is 1.53 bits per heavy atom. The third-order valence-electron chi connectivity index (χ3n) is 7.43. The van der Waals surface area contributed by atoms with Crippen LogP contribution in [0.4, 0.5) is 0 Å². The van der Waals surface area contributed by atoms with Crippen LogP contribution < -0.4 is 35.9 Å². The van der Waals surface area contributed by atoms with E-state index in [0.717, 1.165) is 47.8 Å². The van der Waals surface area contributed by atoms with E-state index < -0.39 is 0 Å². The summed E-state index contributed by atoms with van der Waals surface area (Å²) in [6.45, 7) is 1.44. The van der Waals surface area contributed by atoms with Crippen molar-refractivity contribution < 1.29 is 35.9 Å². The van der Waals surface area contributed by atoms with Crippen LogP contribution in [0.2, 0.25) is 0 Å². The van der Waals surface area contributed by atoms with Gasteiger partial charge in [0.15, 0.2) is 35.7 Å². The van der Waals surface area contributed by atoms with E-state index >= 15 is 0 Å². The van der Waals surface area contributed by atoms with Crippen LogP contribution in [0.25, 0.3) is 32.8 Å². The van der Waals surface area contributed by atoms with Crippen molar-refractivity contribution in [1.29, 1.82) is 0 Å². The maximum atomic E-state index is 5.92. The molecule has 0 amide bonds. The Morgan fingerprint density at radius 3 is 2.44 bits per heavy atom. The van der Waals surface area contributed by atoms with Crippen molar-refractivity contribution in [3.8, 4) is 34.3 Å². The van der Waals surface area contributed by atoms with E-state index in [1.807, 2.05) is 6.07 Å². The van der Waals surface area contributed by atoms with Gasteiger partial charge in [-0.25, -0.2) is 0 Å². The molecule has 3 aliphatic rings. The average Bonchev–Trinajstić information content (AvgIpc) is 3.56. The minimum Gasteiger partial charge on any atom is -1.00 e. The van der Waals surface area contributed by atoms with Crippen molar-refractivity contribution in [3.63, 3.8) is 0 Å². The number of rotatable bonds is 2. The number of benzene rings is 4. The Kier molecular flexibility index (Phi) is 4.76. The topological polar surface area (TPSA) is 40.8 Å². The van der Waals surface area contributed by atoms with Crippen LogP contribution in [-0.2, 0) is 19.4 Å².